The number of rotatable bonds is 4. The number of piperidine rings is 1. The van der Waals surface area contributed by atoms with Crippen LogP contribution in [0.5, 0.6) is 5.88 Å². The number of ether oxygens (including phenoxy) is 2. The lowest BCUT2D eigenvalue weighted by molar-refractivity contribution is -0.385. The smallest absolute Gasteiger partial charge is 0.410 e. The second kappa shape index (κ2) is 7.46. The van der Waals surface area contributed by atoms with E-state index >= 15 is 0 Å². The number of nitrogens with zero attached hydrogens (tertiary/aromatic N) is 3. The molecule has 0 unspecified atom stereocenters. The summed E-state index contributed by atoms with van der Waals surface area (Å²) in [5.41, 5.74) is -0.549. The Hall–Kier alpha value is -2.38. The molecule has 132 valence electrons. The van der Waals surface area contributed by atoms with Gasteiger partial charge in [-0.05, 0) is 39.5 Å². The molecule has 1 aromatic rings. The van der Waals surface area contributed by atoms with E-state index in [2.05, 4.69) is 4.98 Å². The SMILES string of the molecule is CC(C)(C)OC(=O)N1CCC(COc2ccc([N+](=O)[O-])cn2)CC1. The van der Waals surface area contributed by atoms with Crippen molar-refractivity contribution >= 4 is 11.8 Å². The molecule has 1 aromatic heterocycles. The van der Waals surface area contributed by atoms with Gasteiger partial charge in [0.1, 0.15) is 11.8 Å². The molecule has 0 N–H and O–H groups in total. The zero-order valence-corrected chi connectivity index (χ0v) is 14.2. The minimum absolute atomic E-state index is 0.0620. The van der Waals surface area contributed by atoms with Crippen LogP contribution in [-0.2, 0) is 4.74 Å². The first-order valence-corrected chi connectivity index (χ1v) is 7.96. The highest BCUT2D eigenvalue weighted by atomic mass is 16.6. The van der Waals surface area contributed by atoms with E-state index in [1.165, 1.54) is 18.3 Å². The Morgan fingerprint density at radius 2 is 2.04 bits per heavy atom. The summed E-state index contributed by atoms with van der Waals surface area (Å²) in [5, 5.41) is 10.6. The van der Waals surface area contributed by atoms with E-state index in [1.54, 1.807) is 4.90 Å². The number of likely N-dealkylation sites (tertiary alicyclic amines) is 1. The van der Waals surface area contributed by atoms with E-state index in [0.717, 1.165) is 12.8 Å². The summed E-state index contributed by atoms with van der Waals surface area (Å²) in [6.07, 6.45) is 2.55. The second-order valence-electron chi connectivity index (χ2n) is 6.83. The minimum Gasteiger partial charge on any atom is -0.477 e. The highest BCUT2D eigenvalue weighted by molar-refractivity contribution is 5.68. The summed E-state index contributed by atoms with van der Waals surface area (Å²) in [6.45, 7) is 7.30. The van der Waals surface area contributed by atoms with Crippen molar-refractivity contribution in [2.45, 2.75) is 39.2 Å². The summed E-state index contributed by atoms with van der Waals surface area (Å²) in [5.74, 6) is 0.691. The van der Waals surface area contributed by atoms with Gasteiger partial charge in [0.15, 0.2) is 0 Å². The molecule has 0 atom stereocenters. The number of pyridine rings is 1. The highest BCUT2D eigenvalue weighted by Crippen LogP contribution is 2.21. The molecule has 8 nitrogen and oxygen atoms in total. The molecule has 0 radical (unpaired) electrons. The van der Waals surface area contributed by atoms with Crippen LogP contribution >= 0.6 is 0 Å². The fourth-order valence-corrected chi connectivity index (χ4v) is 2.38. The fraction of sp³-hybridized carbons (Fsp3) is 0.625. The zero-order valence-electron chi connectivity index (χ0n) is 14.2. The van der Waals surface area contributed by atoms with Crippen molar-refractivity contribution in [2.75, 3.05) is 19.7 Å². The average Bonchev–Trinajstić information content (AvgIpc) is 2.52. The molecule has 0 aromatic carbocycles. The molecule has 1 aliphatic heterocycles. The summed E-state index contributed by atoms with van der Waals surface area (Å²) in [7, 11) is 0. The van der Waals surface area contributed by atoms with E-state index < -0.39 is 10.5 Å². The van der Waals surface area contributed by atoms with Crippen molar-refractivity contribution in [3.8, 4) is 5.88 Å². The molecule has 8 heteroatoms. The molecule has 1 saturated heterocycles. The molecule has 0 bridgehead atoms. The van der Waals surface area contributed by atoms with Crippen LogP contribution in [-0.4, -0.2) is 46.2 Å². The Morgan fingerprint density at radius 1 is 1.38 bits per heavy atom. The number of hydrogen-bond donors (Lipinski definition) is 0. The van der Waals surface area contributed by atoms with Gasteiger partial charge < -0.3 is 14.4 Å². The standard InChI is InChI=1S/C16H23N3O5/c1-16(2,3)24-15(20)18-8-6-12(7-9-18)11-23-14-5-4-13(10-17-14)19(21)22/h4-5,10,12H,6-9,11H2,1-3H3. The monoisotopic (exact) mass is 337 g/mol. The maximum atomic E-state index is 12.0. The third-order valence-corrected chi connectivity index (χ3v) is 3.66. The average molecular weight is 337 g/mol. The van der Waals surface area contributed by atoms with Crippen molar-refractivity contribution in [3.63, 3.8) is 0 Å². The lowest BCUT2D eigenvalue weighted by atomic mass is 9.98. The normalized spacial score (nSPS) is 15.9. The predicted octanol–water partition coefficient (Wildman–Crippen LogP) is 3.02. The van der Waals surface area contributed by atoms with Crippen molar-refractivity contribution in [2.24, 2.45) is 5.92 Å². The Kier molecular flexibility index (Phi) is 5.58. The number of aromatic nitrogens is 1. The summed E-state index contributed by atoms with van der Waals surface area (Å²) >= 11 is 0. The molecule has 1 aliphatic rings. The van der Waals surface area contributed by atoms with Gasteiger partial charge in [0.25, 0.3) is 5.69 Å². The van der Waals surface area contributed by atoms with E-state index in [-0.39, 0.29) is 11.8 Å². The maximum absolute atomic E-state index is 12.0. The van der Waals surface area contributed by atoms with Crippen molar-refractivity contribution in [1.29, 1.82) is 0 Å². The van der Waals surface area contributed by atoms with Gasteiger partial charge in [-0.2, -0.15) is 0 Å². The van der Waals surface area contributed by atoms with Gasteiger partial charge in [-0.15, -0.1) is 0 Å². The number of nitro groups is 1. The Bertz CT molecular complexity index is 574. The van der Waals surface area contributed by atoms with E-state index in [1.807, 2.05) is 20.8 Å². The van der Waals surface area contributed by atoms with Gasteiger partial charge in [-0.25, -0.2) is 9.78 Å². The molecule has 0 saturated carbocycles. The quantitative estimate of drug-likeness (QED) is 0.619. The maximum Gasteiger partial charge on any atom is 0.410 e. The number of carbonyl (C=O) groups excluding carboxylic acids is 1. The first-order chi connectivity index (χ1) is 11.2. The second-order valence-corrected chi connectivity index (χ2v) is 6.83. The van der Waals surface area contributed by atoms with Gasteiger partial charge >= 0.3 is 6.09 Å². The van der Waals surface area contributed by atoms with Gasteiger partial charge in [0.2, 0.25) is 5.88 Å². The largest absolute Gasteiger partial charge is 0.477 e. The van der Waals surface area contributed by atoms with Gasteiger partial charge in [0, 0.05) is 25.2 Å². The van der Waals surface area contributed by atoms with Gasteiger partial charge in [-0.3, -0.25) is 10.1 Å². The number of amides is 1. The van der Waals surface area contributed by atoms with Crippen molar-refractivity contribution in [3.05, 3.63) is 28.4 Å². The predicted molar refractivity (Wildman–Crippen MR) is 86.9 cm³/mol. The van der Waals surface area contributed by atoms with E-state index in [0.29, 0.717) is 31.5 Å². The van der Waals surface area contributed by atoms with Crippen LogP contribution < -0.4 is 4.74 Å². The summed E-state index contributed by atoms with van der Waals surface area (Å²) in [6, 6.07) is 2.86. The molecular formula is C16H23N3O5. The van der Waals surface area contributed by atoms with Crippen LogP contribution in [0.25, 0.3) is 0 Å². The first-order valence-electron chi connectivity index (χ1n) is 7.96. The van der Waals surface area contributed by atoms with Crippen molar-refractivity contribution < 1.29 is 19.2 Å². The van der Waals surface area contributed by atoms with Crippen LogP contribution in [0.4, 0.5) is 10.5 Å². The molecule has 2 heterocycles. The van der Waals surface area contributed by atoms with Crippen LogP contribution in [0.2, 0.25) is 0 Å². The topological polar surface area (TPSA) is 94.8 Å². The molecule has 0 spiro atoms. The Morgan fingerprint density at radius 3 is 2.54 bits per heavy atom. The third-order valence-electron chi connectivity index (χ3n) is 3.66. The van der Waals surface area contributed by atoms with Crippen LogP contribution in [0.1, 0.15) is 33.6 Å². The summed E-state index contributed by atoms with van der Waals surface area (Å²) < 4.78 is 11.0. The van der Waals surface area contributed by atoms with E-state index in [4.69, 9.17) is 9.47 Å². The fourth-order valence-electron chi connectivity index (χ4n) is 2.38. The highest BCUT2D eigenvalue weighted by Gasteiger charge is 2.27. The molecule has 1 amide bonds. The van der Waals surface area contributed by atoms with Crippen LogP contribution in [0.3, 0.4) is 0 Å². The van der Waals surface area contributed by atoms with Crippen LogP contribution in [0.15, 0.2) is 18.3 Å². The molecule has 2 rings (SSSR count). The Balaban J connectivity index is 1.75. The van der Waals surface area contributed by atoms with Gasteiger partial charge in [-0.1, -0.05) is 0 Å². The molecule has 1 fully saturated rings. The molecular weight excluding hydrogens is 314 g/mol. The lowest BCUT2D eigenvalue weighted by Gasteiger charge is -2.33. The number of hydrogen-bond acceptors (Lipinski definition) is 6. The number of carbonyl (C=O) groups is 1. The molecule has 24 heavy (non-hydrogen) atoms. The van der Waals surface area contributed by atoms with Crippen LogP contribution in [0, 0.1) is 16.0 Å². The Labute approximate surface area is 140 Å². The zero-order chi connectivity index (χ0) is 17.7. The lowest BCUT2D eigenvalue weighted by Crippen LogP contribution is -2.42. The van der Waals surface area contributed by atoms with Gasteiger partial charge in [0.05, 0.1) is 11.5 Å². The van der Waals surface area contributed by atoms with Crippen molar-refractivity contribution in [1.82, 2.24) is 9.88 Å². The molecule has 0 aliphatic carbocycles. The first kappa shape index (κ1) is 18.0. The summed E-state index contributed by atoms with van der Waals surface area (Å²) in [4.78, 5) is 27.7. The van der Waals surface area contributed by atoms with E-state index in [9.17, 15) is 14.9 Å². The third kappa shape index (κ3) is 5.36. The minimum atomic E-state index is -0.497.